The number of amides is 1. The molecule has 0 atom stereocenters. The predicted molar refractivity (Wildman–Crippen MR) is 113 cm³/mol. The topological polar surface area (TPSA) is 61.5 Å². The molecular weight excluding hydrogens is 364 g/mol. The van der Waals surface area contributed by atoms with Crippen molar-refractivity contribution in [2.75, 3.05) is 39.8 Å². The van der Waals surface area contributed by atoms with Gasteiger partial charge in [-0.25, -0.2) is 0 Å². The van der Waals surface area contributed by atoms with Gasteiger partial charge in [-0.15, -0.1) is 0 Å². The van der Waals surface area contributed by atoms with Gasteiger partial charge >= 0.3 is 0 Å². The highest BCUT2D eigenvalue weighted by Gasteiger charge is 2.25. The van der Waals surface area contributed by atoms with Gasteiger partial charge in [0.05, 0.1) is 24.6 Å². The Morgan fingerprint density at radius 1 is 1.07 bits per heavy atom. The van der Waals surface area contributed by atoms with Crippen LogP contribution in [0.15, 0.2) is 60.8 Å². The van der Waals surface area contributed by atoms with E-state index in [1.165, 1.54) is 5.56 Å². The number of hydrogen-bond acceptors (Lipinski definition) is 4. The Balaban J connectivity index is 1.37. The molecule has 0 spiro atoms. The highest BCUT2D eigenvalue weighted by atomic mass is 16.5. The van der Waals surface area contributed by atoms with Crippen LogP contribution in [0.4, 0.5) is 0 Å². The van der Waals surface area contributed by atoms with Crippen molar-refractivity contribution in [1.82, 2.24) is 20.0 Å². The van der Waals surface area contributed by atoms with Crippen LogP contribution in [0.1, 0.15) is 15.9 Å². The fourth-order valence-electron chi connectivity index (χ4n) is 3.72. The largest absolute Gasteiger partial charge is 0.497 e. The summed E-state index contributed by atoms with van der Waals surface area (Å²) in [5, 5.41) is 7.10. The van der Waals surface area contributed by atoms with E-state index in [0.29, 0.717) is 5.56 Å². The predicted octanol–water partition coefficient (Wildman–Crippen LogP) is 3.09. The van der Waals surface area contributed by atoms with E-state index < -0.39 is 0 Å². The second-order valence-corrected chi connectivity index (χ2v) is 7.26. The van der Waals surface area contributed by atoms with Crippen LogP contribution in [0.5, 0.6) is 5.75 Å². The van der Waals surface area contributed by atoms with Gasteiger partial charge in [-0.3, -0.25) is 14.8 Å². The summed E-state index contributed by atoms with van der Waals surface area (Å²) in [6.45, 7) is 4.27. The monoisotopic (exact) mass is 390 g/mol. The lowest BCUT2D eigenvalue weighted by Crippen LogP contribution is -2.49. The molecule has 1 N–H and O–H groups in total. The molecule has 0 unspecified atom stereocenters. The number of carbonyl (C=O) groups excluding carboxylic acids is 1. The molecule has 0 bridgehead atoms. The Kier molecular flexibility index (Phi) is 5.91. The molecule has 1 fully saturated rings. The van der Waals surface area contributed by atoms with Crippen LogP contribution in [-0.4, -0.2) is 65.7 Å². The van der Waals surface area contributed by atoms with Gasteiger partial charge < -0.3 is 9.64 Å². The first-order valence-corrected chi connectivity index (χ1v) is 9.98. The summed E-state index contributed by atoms with van der Waals surface area (Å²) in [5.41, 5.74) is 3.59. The number of hydrogen-bond donors (Lipinski definition) is 1. The summed E-state index contributed by atoms with van der Waals surface area (Å²) in [6.07, 6.45) is 2.66. The van der Waals surface area contributed by atoms with Gasteiger partial charge in [0.25, 0.3) is 5.91 Å². The molecule has 29 heavy (non-hydrogen) atoms. The zero-order chi connectivity index (χ0) is 20.1. The van der Waals surface area contributed by atoms with Crippen molar-refractivity contribution >= 4 is 5.91 Å². The van der Waals surface area contributed by atoms with Crippen LogP contribution in [-0.2, 0) is 6.42 Å². The Morgan fingerprint density at radius 3 is 2.62 bits per heavy atom. The molecule has 0 radical (unpaired) electrons. The van der Waals surface area contributed by atoms with Crippen molar-refractivity contribution in [3.05, 3.63) is 71.9 Å². The van der Waals surface area contributed by atoms with E-state index >= 15 is 0 Å². The normalized spacial score (nSPS) is 14.7. The highest BCUT2D eigenvalue weighted by molar-refractivity contribution is 5.99. The van der Waals surface area contributed by atoms with Gasteiger partial charge in [0.15, 0.2) is 0 Å². The summed E-state index contributed by atoms with van der Waals surface area (Å²) in [6, 6.07) is 18.2. The van der Waals surface area contributed by atoms with Crippen LogP contribution < -0.4 is 4.74 Å². The third kappa shape index (κ3) is 4.49. The number of H-pyrrole nitrogens is 1. The molecule has 1 aromatic heterocycles. The Hall–Kier alpha value is -3.12. The molecule has 1 amide bonds. The number of aromatic amines is 1. The SMILES string of the molecule is COc1cccc(-c2[nH]ncc2C(=O)N2CCN(CCc3ccccc3)CC2)c1. The molecule has 4 rings (SSSR count). The number of nitrogens with zero attached hydrogens (tertiary/aromatic N) is 3. The number of piperazine rings is 1. The average molecular weight is 390 g/mol. The lowest BCUT2D eigenvalue weighted by molar-refractivity contribution is 0.0639. The number of benzene rings is 2. The van der Waals surface area contributed by atoms with Crippen LogP contribution in [0.2, 0.25) is 0 Å². The molecule has 2 heterocycles. The fourth-order valence-corrected chi connectivity index (χ4v) is 3.72. The van der Waals surface area contributed by atoms with Crippen molar-refractivity contribution in [3.8, 4) is 17.0 Å². The third-order valence-electron chi connectivity index (χ3n) is 5.45. The summed E-state index contributed by atoms with van der Waals surface area (Å²) in [5.74, 6) is 0.779. The maximum atomic E-state index is 13.1. The van der Waals surface area contributed by atoms with Crippen LogP contribution in [0, 0.1) is 0 Å². The number of carbonyl (C=O) groups is 1. The standard InChI is InChI=1S/C23H26N4O2/c1-29-20-9-5-8-19(16-20)22-21(17-24-25-22)23(28)27-14-12-26(13-15-27)11-10-18-6-3-2-4-7-18/h2-9,16-17H,10-15H2,1H3,(H,24,25). The molecule has 150 valence electrons. The molecule has 2 aromatic carbocycles. The number of methoxy groups -OCH3 is 1. The van der Waals surface area contributed by atoms with E-state index in [1.807, 2.05) is 35.2 Å². The molecule has 0 saturated carbocycles. The zero-order valence-electron chi connectivity index (χ0n) is 16.7. The maximum Gasteiger partial charge on any atom is 0.257 e. The van der Waals surface area contributed by atoms with Gasteiger partial charge in [0, 0.05) is 38.3 Å². The van der Waals surface area contributed by atoms with E-state index in [0.717, 1.165) is 56.2 Å². The molecule has 1 aliphatic heterocycles. The van der Waals surface area contributed by atoms with E-state index in [9.17, 15) is 4.79 Å². The first-order chi connectivity index (χ1) is 14.2. The highest BCUT2D eigenvalue weighted by Crippen LogP contribution is 2.26. The molecule has 6 heteroatoms. The van der Waals surface area contributed by atoms with E-state index in [-0.39, 0.29) is 5.91 Å². The van der Waals surface area contributed by atoms with Crippen molar-refractivity contribution in [2.45, 2.75) is 6.42 Å². The van der Waals surface area contributed by atoms with Crippen LogP contribution in [0.3, 0.4) is 0 Å². The summed E-state index contributed by atoms with van der Waals surface area (Å²) in [7, 11) is 1.63. The molecule has 6 nitrogen and oxygen atoms in total. The summed E-state index contributed by atoms with van der Waals surface area (Å²) < 4.78 is 5.30. The van der Waals surface area contributed by atoms with Gasteiger partial charge in [-0.2, -0.15) is 5.10 Å². The van der Waals surface area contributed by atoms with Crippen molar-refractivity contribution in [1.29, 1.82) is 0 Å². The average Bonchev–Trinajstić information content (AvgIpc) is 3.28. The lowest BCUT2D eigenvalue weighted by atomic mass is 10.1. The van der Waals surface area contributed by atoms with Crippen molar-refractivity contribution in [2.24, 2.45) is 0 Å². The number of ether oxygens (including phenoxy) is 1. The zero-order valence-corrected chi connectivity index (χ0v) is 16.7. The molecule has 1 saturated heterocycles. The number of nitrogens with one attached hydrogen (secondary N) is 1. The first kappa shape index (κ1) is 19.2. The third-order valence-corrected chi connectivity index (χ3v) is 5.45. The molecule has 3 aromatic rings. The van der Waals surface area contributed by atoms with Crippen LogP contribution >= 0.6 is 0 Å². The lowest BCUT2D eigenvalue weighted by Gasteiger charge is -2.34. The van der Waals surface area contributed by atoms with Crippen molar-refractivity contribution in [3.63, 3.8) is 0 Å². The van der Waals surface area contributed by atoms with Gasteiger partial charge in [0.2, 0.25) is 0 Å². The van der Waals surface area contributed by atoms with Gasteiger partial charge in [-0.05, 0) is 24.1 Å². The van der Waals surface area contributed by atoms with Gasteiger partial charge in [-0.1, -0.05) is 42.5 Å². The quantitative estimate of drug-likeness (QED) is 0.703. The molecule has 1 aliphatic rings. The maximum absolute atomic E-state index is 13.1. The second kappa shape index (κ2) is 8.92. The Morgan fingerprint density at radius 2 is 1.86 bits per heavy atom. The first-order valence-electron chi connectivity index (χ1n) is 9.98. The minimum absolute atomic E-state index is 0.0271. The fraction of sp³-hybridized carbons (Fsp3) is 0.304. The van der Waals surface area contributed by atoms with E-state index in [1.54, 1.807) is 13.3 Å². The number of rotatable bonds is 6. The second-order valence-electron chi connectivity index (χ2n) is 7.26. The Labute approximate surface area is 171 Å². The minimum Gasteiger partial charge on any atom is -0.497 e. The van der Waals surface area contributed by atoms with Crippen molar-refractivity contribution < 1.29 is 9.53 Å². The molecular formula is C23H26N4O2. The minimum atomic E-state index is 0.0271. The van der Waals surface area contributed by atoms with Crippen LogP contribution in [0.25, 0.3) is 11.3 Å². The summed E-state index contributed by atoms with van der Waals surface area (Å²) in [4.78, 5) is 17.5. The molecule has 0 aliphatic carbocycles. The number of aromatic nitrogens is 2. The smallest absolute Gasteiger partial charge is 0.257 e. The Bertz CT molecular complexity index is 946. The summed E-state index contributed by atoms with van der Waals surface area (Å²) >= 11 is 0. The van der Waals surface area contributed by atoms with E-state index in [4.69, 9.17) is 4.74 Å². The van der Waals surface area contributed by atoms with E-state index in [2.05, 4.69) is 39.4 Å². The van der Waals surface area contributed by atoms with Gasteiger partial charge in [0.1, 0.15) is 5.75 Å².